The molecule has 0 radical (unpaired) electrons. The van der Waals surface area contributed by atoms with Crippen LogP contribution >= 0.6 is 11.0 Å². The van der Waals surface area contributed by atoms with Gasteiger partial charge in [0, 0.05) is 5.56 Å². The molecule has 0 atom stereocenters. The summed E-state index contributed by atoms with van der Waals surface area (Å²) in [5, 5.41) is 0. The molecule has 0 aliphatic rings. The fourth-order valence-electron chi connectivity index (χ4n) is 1.11. The van der Waals surface area contributed by atoms with Crippen LogP contribution in [0.3, 0.4) is 0 Å². The van der Waals surface area contributed by atoms with Crippen molar-refractivity contribution in [1.29, 1.82) is 0 Å². The maximum Gasteiger partial charge on any atom is 0.248 e. The molecule has 1 rings (SSSR count). The second-order valence-electron chi connectivity index (χ2n) is 2.97. The fourth-order valence-corrected chi connectivity index (χ4v) is 2.69. The van der Waals surface area contributed by atoms with Crippen LogP contribution in [-0.2, 0) is 20.1 Å². The Morgan fingerprint density at radius 1 is 1.29 bits per heavy atom. The molecule has 4 nitrogen and oxygen atoms in total. The van der Waals surface area contributed by atoms with E-state index in [9.17, 15) is 22.0 Å². The Hall–Kier alpha value is -1.24. The molecule has 1 aromatic rings. The number of isocyanates is 1. The minimum absolute atomic E-state index is 0.0384. The molecule has 0 aromatic heterocycles. The Balaban J connectivity index is 2.77. The zero-order valence-electron chi connectivity index (χ0n) is 8.39. The maximum absolute atomic E-state index is 13.2. The van der Waals surface area contributed by atoms with Gasteiger partial charge in [0.2, 0.25) is 14.9 Å². The number of nitrogens with zero attached hydrogens (tertiary/aromatic N) is 1. The highest BCUT2D eigenvalue weighted by Crippen LogP contribution is 2.18. The van der Waals surface area contributed by atoms with Crippen LogP contribution < -0.4 is 0 Å². The Kier molecular flexibility index (Phi) is 4.80. The predicted octanol–water partition coefficient (Wildman–Crippen LogP) is 1.82. The van der Waals surface area contributed by atoms with E-state index in [1.54, 1.807) is 0 Å². The second kappa shape index (κ2) is 5.90. The maximum atomic E-state index is 13.2. The first-order chi connectivity index (χ1) is 7.96. The van der Waals surface area contributed by atoms with Gasteiger partial charge in [0.05, 0.1) is 5.75 Å². The van der Waals surface area contributed by atoms with Gasteiger partial charge in [-0.2, -0.15) is 0 Å². The van der Waals surface area contributed by atoms with E-state index in [0.29, 0.717) is 0 Å². The van der Waals surface area contributed by atoms with Crippen LogP contribution in [0.5, 0.6) is 0 Å². The van der Waals surface area contributed by atoms with Crippen molar-refractivity contribution >= 4 is 25.9 Å². The lowest BCUT2D eigenvalue weighted by atomic mass is 10.1. The highest BCUT2D eigenvalue weighted by atomic mass is 33.1. The molecule has 0 saturated heterocycles. The molecule has 0 spiro atoms. The molecule has 0 saturated carbocycles. The van der Waals surface area contributed by atoms with Gasteiger partial charge in [-0.15, -0.1) is 4.40 Å². The highest BCUT2D eigenvalue weighted by Gasteiger charge is 2.15. The Morgan fingerprint density at radius 3 is 2.41 bits per heavy atom. The zero-order valence-corrected chi connectivity index (χ0v) is 10.0. The van der Waals surface area contributed by atoms with Crippen molar-refractivity contribution in [3.8, 4) is 0 Å². The Labute approximate surface area is 100 Å². The fraction of sp³-hybridized carbons (Fsp3) is 0.222. The topological polar surface area (TPSA) is 63.6 Å². The van der Waals surface area contributed by atoms with E-state index >= 15 is 0 Å². The zero-order chi connectivity index (χ0) is 12.9. The highest BCUT2D eigenvalue weighted by molar-refractivity contribution is 8.71. The SMILES string of the molecule is O=C=NSS(=O)(=O)CCc1c(F)cccc1F. The van der Waals surface area contributed by atoms with E-state index in [1.165, 1.54) is 6.07 Å². The van der Waals surface area contributed by atoms with E-state index in [-0.39, 0.29) is 23.0 Å². The van der Waals surface area contributed by atoms with Gasteiger partial charge in [0.25, 0.3) is 0 Å². The molecule has 92 valence electrons. The first kappa shape index (κ1) is 13.8. The van der Waals surface area contributed by atoms with Gasteiger partial charge in [0.1, 0.15) is 22.6 Å². The molecule has 0 aliphatic carbocycles. The third kappa shape index (κ3) is 4.26. The molecule has 0 N–H and O–H groups in total. The van der Waals surface area contributed by atoms with E-state index in [4.69, 9.17) is 0 Å². The van der Waals surface area contributed by atoms with Gasteiger partial charge in [-0.1, -0.05) is 6.07 Å². The minimum atomic E-state index is -3.72. The van der Waals surface area contributed by atoms with Gasteiger partial charge in [-0.3, -0.25) is 0 Å². The Bertz CT molecular complexity index is 533. The van der Waals surface area contributed by atoms with Crippen molar-refractivity contribution < 1.29 is 22.0 Å². The standard InChI is InChI=1S/C9H7F2NO3S2/c10-8-2-1-3-9(11)7(8)4-5-17(14,15)16-12-6-13/h1-3H,4-5H2. The Morgan fingerprint density at radius 2 is 1.88 bits per heavy atom. The molecule has 0 amide bonds. The first-order valence-electron chi connectivity index (χ1n) is 4.37. The summed E-state index contributed by atoms with van der Waals surface area (Å²) in [5.74, 6) is -2.12. The van der Waals surface area contributed by atoms with Crippen LogP contribution in [-0.4, -0.2) is 20.3 Å². The van der Waals surface area contributed by atoms with E-state index in [0.717, 1.165) is 18.2 Å². The van der Waals surface area contributed by atoms with Gasteiger partial charge >= 0.3 is 0 Å². The second-order valence-corrected chi connectivity index (χ2v) is 6.80. The van der Waals surface area contributed by atoms with Gasteiger partial charge in [-0.25, -0.2) is 22.0 Å². The normalized spacial score (nSPS) is 10.9. The molecule has 17 heavy (non-hydrogen) atoms. The first-order valence-corrected chi connectivity index (χ1v) is 7.32. The van der Waals surface area contributed by atoms with Crippen LogP contribution in [0.4, 0.5) is 8.78 Å². The smallest absolute Gasteiger partial charge is 0.216 e. The van der Waals surface area contributed by atoms with Crippen molar-refractivity contribution in [3.05, 3.63) is 35.4 Å². The summed E-state index contributed by atoms with van der Waals surface area (Å²) in [6, 6.07) is 3.28. The molecule has 8 heteroatoms. The van der Waals surface area contributed by atoms with E-state index in [1.807, 2.05) is 0 Å². The third-order valence-corrected chi connectivity index (χ3v) is 4.34. The minimum Gasteiger partial charge on any atom is -0.216 e. The molecular formula is C9H7F2NO3S2. The average Bonchev–Trinajstić information content (AvgIpc) is 2.26. The summed E-state index contributed by atoms with van der Waals surface area (Å²) >= 11 is 0. The molecule has 0 heterocycles. The molecule has 0 unspecified atom stereocenters. The summed E-state index contributed by atoms with van der Waals surface area (Å²) in [5.41, 5.74) is -0.299. The lowest BCUT2D eigenvalue weighted by molar-refractivity contribution is 0.557. The molecule has 0 fully saturated rings. The van der Waals surface area contributed by atoms with Crippen LogP contribution in [0, 0.1) is 11.6 Å². The number of hydrogen-bond acceptors (Lipinski definition) is 5. The van der Waals surface area contributed by atoms with Crippen molar-refractivity contribution in [3.63, 3.8) is 0 Å². The number of benzene rings is 1. The lowest BCUT2D eigenvalue weighted by Gasteiger charge is -2.03. The van der Waals surface area contributed by atoms with Gasteiger partial charge < -0.3 is 0 Å². The summed E-state index contributed by atoms with van der Waals surface area (Å²) in [6.45, 7) is 0. The molecule has 0 aliphatic heterocycles. The van der Waals surface area contributed by atoms with E-state index in [2.05, 4.69) is 4.40 Å². The lowest BCUT2D eigenvalue weighted by Crippen LogP contribution is -2.06. The summed E-state index contributed by atoms with van der Waals surface area (Å²) in [7, 11) is -3.68. The third-order valence-electron chi connectivity index (χ3n) is 1.85. The number of rotatable bonds is 5. The predicted molar refractivity (Wildman–Crippen MR) is 59.6 cm³/mol. The van der Waals surface area contributed by atoms with Crippen molar-refractivity contribution in [2.45, 2.75) is 6.42 Å². The average molecular weight is 279 g/mol. The van der Waals surface area contributed by atoms with Crippen LogP contribution in [0.2, 0.25) is 0 Å². The van der Waals surface area contributed by atoms with Crippen molar-refractivity contribution in [2.75, 3.05) is 5.75 Å². The molecular weight excluding hydrogens is 272 g/mol. The summed E-state index contributed by atoms with van der Waals surface area (Å²) in [4.78, 5) is 9.74. The molecule has 0 bridgehead atoms. The largest absolute Gasteiger partial charge is 0.248 e. The summed E-state index contributed by atoms with van der Waals surface area (Å²) < 4.78 is 51.6. The number of hydrogen-bond donors (Lipinski definition) is 0. The van der Waals surface area contributed by atoms with Crippen LogP contribution in [0.25, 0.3) is 0 Å². The van der Waals surface area contributed by atoms with Crippen LogP contribution in [0.15, 0.2) is 22.6 Å². The molecule has 1 aromatic carbocycles. The van der Waals surface area contributed by atoms with Gasteiger partial charge in [0.15, 0.2) is 0 Å². The number of halogens is 2. The quantitative estimate of drug-likeness (QED) is 0.357. The number of carbonyl (C=O) groups excluding carboxylic acids is 1. The van der Waals surface area contributed by atoms with Crippen LogP contribution in [0.1, 0.15) is 5.56 Å². The van der Waals surface area contributed by atoms with Crippen molar-refractivity contribution in [2.24, 2.45) is 4.40 Å². The van der Waals surface area contributed by atoms with Gasteiger partial charge in [-0.05, 0) is 18.6 Å². The van der Waals surface area contributed by atoms with Crippen molar-refractivity contribution in [1.82, 2.24) is 0 Å². The summed E-state index contributed by atoms with van der Waals surface area (Å²) in [6.07, 6.45) is 0.738. The van der Waals surface area contributed by atoms with E-state index < -0.39 is 26.3 Å². The monoisotopic (exact) mass is 279 g/mol.